The van der Waals surface area contributed by atoms with E-state index in [9.17, 15) is 13.6 Å². The van der Waals surface area contributed by atoms with Crippen molar-refractivity contribution < 1.29 is 13.6 Å². The number of benzene rings is 1. The lowest BCUT2D eigenvalue weighted by Crippen LogP contribution is -2.18. The van der Waals surface area contributed by atoms with E-state index in [1.54, 1.807) is 6.92 Å². The Labute approximate surface area is 102 Å². The monoisotopic (exact) mass is 251 g/mol. The highest BCUT2D eigenvalue weighted by molar-refractivity contribution is 5.81. The van der Waals surface area contributed by atoms with Gasteiger partial charge < -0.3 is 5.73 Å². The molecule has 0 aliphatic heterocycles. The second-order valence-electron chi connectivity index (χ2n) is 3.97. The average molecular weight is 251 g/mol. The first-order valence-corrected chi connectivity index (χ1v) is 5.27. The van der Waals surface area contributed by atoms with Crippen LogP contribution in [0.5, 0.6) is 0 Å². The van der Waals surface area contributed by atoms with E-state index in [0.717, 1.165) is 18.2 Å². The van der Waals surface area contributed by atoms with Crippen LogP contribution in [-0.4, -0.2) is 15.7 Å². The van der Waals surface area contributed by atoms with Gasteiger partial charge in [0.05, 0.1) is 17.8 Å². The van der Waals surface area contributed by atoms with Crippen LogP contribution in [0.25, 0.3) is 5.69 Å². The molecule has 2 rings (SSSR count). The number of carbonyl (C=O) groups excluding carboxylic acids is 1. The van der Waals surface area contributed by atoms with Crippen LogP contribution in [0.15, 0.2) is 30.6 Å². The molecule has 18 heavy (non-hydrogen) atoms. The summed E-state index contributed by atoms with van der Waals surface area (Å²) in [5.74, 6) is -2.37. The Kier molecular flexibility index (Phi) is 3.10. The summed E-state index contributed by atoms with van der Waals surface area (Å²) in [5, 5.41) is 3.95. The number of primary amides is 1. The van der Waals surface area contributed by atoms with Crippen molar-refractivity contribution in [3.63, 3.8) is 0 Å². The van der Waals surface area contributed by atoms with Gasteiger partial charge in [0, 0.05) is 17.8 Å². The van der Waals surface area contributed by atoms with Crippen LogP contribution in [0.3, 0.4) is 0 Å². The van der Waals surface area contributed by atoms with Crippen molar-refractivity contribution in [3.8, 4) is 5.69 Å². The van der Waals surface area contributed by atoms with Crippen molar-refractivity contribution in [2.24, 2.45) is 5.73 Å². The number of nitrogens with zero attached hydrogens (tertiary/aromatic N) is 2. The van der Waals surface area contributed by atoms with E-state index in [1.165, 1.54) is 17.1 Å². The van der Waals surface area contributed by atoms with Gasteiger partial charge in [0.2, 0.25) is 5.91 Å². The number of rotatable bonds is 3. The molecule has 4 nitrogen and oxygen atoms in total. The second-order valence-corrected chi connectivity index (χ2v) is 3.97. The minimum atomic E-state index is -0.690. The highest BCUT2D eigenvalue weighted by atomic mass is 19.1. The molecule has 1 heterocycles. The Balaban J connectivity index is 2.37. The Bertz CT molecular complexity index is 575. The largest absolute Gasteiger partial charge is 0.369 e. The molecular formula is C12H11F2N3O. The van der Waals surface area contributed by atoms with Gasteiger partial charge in [0.25, 0.3) is 0 Å². The zero-order chi connectivity index (χ0) is 13.3. The molecule has 94 valence electrons. The van der Waals surface area contributed by atoms with Gasteiger partial charge in [-0.25, -0.2) is 13.5 Å². The molecule has 0 fully saturated rings. The molecule has 0 spiro atoms. The van der Waals surface area contributed by atoms with E-state index >= 15 is 0 Å². The van der Waals surface area contributed by atoms with E-state index < -0.39 is 23.5 Å². The normalized spacial score (nSPS) is 12.4. The van der Waals surface area contributed by atoms with Gasteiger partial charge in [0.1, 0.15) is 11.6 Å². The van der Waals surface area contributed by atoms with Crippen LogP contribution in [0.2, 0.25) is 0 Å². The quantitative estimate of drug-likeness (QED) is 0.903. The fourth-order valence-corrected chi connectivity index (χ4v) is 1.54. The van der Waals surface area contributed by atoms with E-state index in [4.69, 9.17) is 5.73 Å². The molecule has 1 atom stereocenters. The molecule has 2 N–H and O–H groups in total. The zero-order valence-electron chi connectivity index (χ0n) is 9.60. The summed E-state index contributed by atoms with van der Waals surface area (Å²) in [4.78, 5) is 11.0. The molecule has 1 amide bonds. The molecule has 0 bridgehead atoms. The van der Waals surface area contributed by atoms with E-state index in [-0.39, 0.29) is 5.69 Å². The number of aromatic nitrogens is 2. The lowest BCUT2D eigenvalue weighted by molar-refractivity contribution is -0.119. The molecule has 2 aromatic rings. The lowest BCUT2D eigenvalue weighted by Gasteiger charge is -2.03. The zero-order valence-corrected chi connectivity index (χ0v) is 9.60. The van der Waals surface area contributed by atoms with Crippen LogP contribution in [0, 0.1) is 11.6 Å². The minimum Gasteiger partial charge on any atom is -0.369 e. The van der Waals surface area contributed by atoms with Crippen molar-refractivity contribution in [2.75, 3.05) is 0 Å². The topological polar surface area (TPSA) is 60.9 Å². The third-order valence-corrected chi connectivity index (χ3v) is 2.64. The third kappa shape index (κ3) is 2.37. The number of halogens is 2. The van der Waals surface area contributed by atoms with Crippen molar-refractivity contribution in [3.05, 3.63) is 47.8 Å². The molecule has 6 heteroatoms. The number of hydrogen-bond acceptors (Lipinski definition) is 2. The minimum absolute atomic E-state index is 0.246. The highest BCUT2D eigenvalue weighted by Crippen LogP contribution is 2.17. The fourth-order valence-electron chi connectivity index (χ4n) is 1.54. The van der Waals surface area contributed by atoms with Gasteiger partial charge in [-0.1, -0.05) is 0 Å². The Morgan fingerprint density at radius 1 is 1.33 bits per heavy atom. The third-order valence-electron chi connectivity index (χ3n) is 2.64. The van der Waals surface area contributed by atoms with Crippen molar-refractivity contribution in [1.82, 2.24) is 9.78 Å². The molecule has 0 radical (unpaired) electrons. The molecule has 0 saturated carbocycles. The summed E-state index contributed by atoms with van der Waals surface area (Å²) >= 11 is 0. The van der Waals surface area contributed by atoms with E-state index in [1.807, 2.05) is 0 Å². The van der Waals surface area contributed by atoms with Crippen LogP contribution < -0.4 is 5.73 Å². The summed E-state index contributed by atoms with van der Waals surface area (Å²) in [7, 11) is 0. The Morgan fingerprint density at radius 3 is 2.50 bits per heavy atom. The van der Waals surface area contributed by atoms with Crippen molar-refractivity contribution >= 4 is 5.91 Å². The molecule has 1 aromatic carbocycles. The molecular weight excluding hydrogens is 240 g/mol. The van der Waals surface area contributed by atoms with Gasteiger partial charge in [0.15, 0.2) is 0 Å². The first kappa shape index (κ1) is 12.2. The van der Waals surface area contributed by atoms with Gasteiger partial charge in [-0.3, -0.25) is 4.79 Å². The maximum absolute atomic E-state index is 13.1. The molecule has 1 aromatic heterocycles. The Morgan fingerprint density at radius 2 is 1.94 bits per heavy atom. The van der Waals surface area contributed by atoms with Crippen LogP contribution in [0.4, 0.5) is 8.78 Å². The van der Waals surface area contributed by atoms with Crippen molar-refractivity contribution in [1.29, 1.82) is 0 Å². The van der Waals surface area contributed by atoms with E-state index in [0.29, 0.717) is 5.56 Å². The summed E-state index contributed by atoms with van der Waals surface area (Å²) in [6.07, 6.45) is 2.96. The summed E-state index contributed by atoms with van der Waals surface area (Å²) in [5.41, 5.74) is 6.00. The number of nitrogens with two attached hydrogens (primary N) is 1. The summed E-state index contributed by atoms with van der Waals surface area (Å²) < 4.78 is 27.4. The standard InChI is InChI=1S/C12H11F2N3O/c1-7(12(15)18)8-5-16-17(6-8)11-3-9(13)2-10(14)4-11/h2-7H,1H3,(H2,15,18)/t7-/m0/s1. The van der Waals surface area contributed by atoms with Gasteiger partial charge >= 0.3 is 0 Å². The summed E-state index contributed by atoms with van der Waals surface area (Å²) in [6.45, 7) is 1.63. The molecule has 0 aliphatic rings. The maximum Gasteiger partial charge on any atom is 0.224 e. The fraction of sp³-hybridized carbons (Fsp3) is 0.167. The molecule has 0 unspecified atom stereocenters. The maximum atomic E-state index is 13.1. The molecule has 0 aliphatic carbocycles. The number of carbonyl (C=O) groups is 1. The Hall–Kier alpha value is -2.24. The molecule has 0 saturated heterocycles. The first-order chi connectivity index (χ1) is 8.47. The van der Waals surface area contributed by atoms with Crippen molar-refractivity contribution in [2.45, 2.75) is 12.8 Å². The predicted molar refractivity (Wildman–Crippen MR) is 61.1 cm³/mol. The smallest absolute Gasteiger partial charge is 0.224 e. The predicted octanol–water partition coefficient (Wildman–Crippen LogP) is 1.74. The lowest BCUT2D eigenvalue weighted by atomic mass is 10.1. The first-order valence-electron chi connectivity index (χ1n) is 5.27. The highest BCUT2D eigenvalue weighted by Gasteiger charge is 2.14. The van der Waals surface area contributed by atoms with Gasteiger partial charge in [-0.05, 0) is 19.1 Å². The second kappa shape index (κ2) is 4.56. The van der Waals surface area contributed by atoms with Crippen LogP contribution >= 0.6 is 0 Å². The van der Waals surface area contributed by atoms with Crippen LogP contribution in [0.1, 0.15) is 18.4 Å². The van der Waals surface area contributed by atoms with Crippen LogP contribution in [-0.2, 0) is 4.79 Å². The summed E-state index contributed by atoms with van der Waals surface area (Å²) in [6, 6.07) is 3.07. The van der Waals surface area contributed by atoms with E-state index in [2.05, 4.69) is 5.10 Å². The average Bonchev–Trinajstić information content (AvgIpc) is 2.75. The van der Waals surface area contributed by atoms with Gasteiger partial charge in [-0.2, -0.15) is 5.10 Å². The number of hydrogen-bond donors (Lipinski definition) is 1. The SMILES string of the molecule is C[C@H](C(N)=O)c1cnn(-c2cc(F)cc(F)c2)c1. The van der Waals surface area contributed by atoms with Gasteiger partial charge in [-0.15, -0.1) is 0 Å². The number of amides is 1.